The summed E-state index contributed by atoms with van der Waals surface area (Å²) in [6.07, 6.45) is 1.18. The summed E-state index contributed by atoms with van der Waals surface area (Å²) in [5, 5.41) is 12.2. The number of nitrogens with one attached hydrogen (secondary N) is 1. The molecule has 3 nitrogen and oxygen atoms in total. The average Bonchev–Trinajstić information content (AvgIpc) is 2.10. The van der Waals surface area contributed by atoms with Gasteiger partial charge in [0.2, 0.25) is 0 Å². The van der Waals surface area contributed by atoms with Crippen molar-refractivity contribution in [3.05, 3.63) is 0 Å². The zero-order valence-electron chi connectivity index (χ0n) is 9.21. The first-order valence-electron chi connectivity index (χ1n) is 5.28. The molecule has 0 unspecified atom stereocenters. The zero-order valence-corrected chi connectivity index (χ0v) is 9.21. The molecule has 0 aromatic heterocycles. The maximum Gasteiger partial charge on any atom is 0.0558 e. The highest BCUT2D eigenvalue weighted by molar-refractivity contribution is 4.63. The molecule has 0 spiro atoms. The highest BCUT2D eigenvalue weighted by Crippen LogP contribution is 1.95. The first-order chi connectivity index (χ1) is 6.22. The van der Waals surface area contributed by atoms with E-state index in [0.29, 0.717) is 6.04 Å². The van der Waals surface area contributed by atoms with Gasteiger partial charge in [0, 0.05) is 25.7 Å². The van der Waals surface area contributed by atoms with Crippen LogP contribution in [0.5, 0.6) is 0 Å². The smallest absolute Gasteiger partial charge is 0.0558 e. The monoisotopic (exact) mass is 188 g/mol. The van der Waals surface area contributed by atoms with Crippen molar-refractivity contribution in [2.24, 2.45) is 0 Å². The summed E-state index contributed by atoms with van der Waals surface area (Å²) in [7, 11) is 0. The van der Waals surface area contributed by atoms with Crippen molar-refractivity contribution in [3.8, 4) is 0 Å². The van der Waals surface area contributed by atoms with E-state index in [1.165, 1.54) is 6.42 Å². The molecular formula is C10H24N2O. The van der Waals surface area contributed by atoms with Crippen LogP contribution in [-0.4, -0.2) is 48.8 Å². The van der Waals surface area contributed by atoms with Crippen LogP contribution in [0, 0.1) is 0 Å². The largest absolute Gasteiger partial charge is 0.395 e. The topological polar surface area (TPSA) is 35.5 Å². The maximum atomic E-state index is 8.83. The molecule has 0 aromatic rings. The second-order valence-corrected chi connectivity index (χ2v) is 3.60. The quantitative estimate of drug-likeness (QED) is 0.550. The fourth-order valence-electron chi connectivity index (χ4n) is 1.28. The van der Waals surface area contributed by atoms with E-state index in [2.05, 4.69) is 31.0 Å². The van der Waals surface area contributed by atoms with Gasteiger partial charge in [-0.05, 0) is 26.8 Å². The molecule has 80 valence electrons. The molecule has 0 rings (SSSR count). The molecule has 0 aliphatic heterocycles. The summed E-state index contributed by atoms with van der Waals surface area (Å²) in [4.78, 5) is 2.28. The van der Waals surface area contributed by atoms with Gasteiger partial charge in [0.05, 0.1) is 6.61 Å². The van der Waals surface area contributed by atoms with Crippen molar-refractivity contribution in [2.75, 3.05) is 32.8 Å². The summed E-state index contributed by atoms with van der Waals surface area (Å²) < 4.78 is 0. The molecule has 0 fully saturated rings. The molecule has 0 saturated carbocycles. The number of rotatable bonds is 8. The van der Waals surface area contributed by atoms with Gasteiger partial charge >= 0.3 is 0 Å². The molecule has 2 N–H and O–H groups in total. The Hall–Kier alpha value is -0.120. The van der Waals surface area contributed by atoms with Crippen molar-refractivity contribution in [1.82, 2.24) is 10.2 Å². The van der Waals surface area contributed by atoms with E-state index in [4.69, 9.17) is 5.11 Å². The predicted octanol–water partition coefficient (Wildman–Crippen LogP) is 0.689. The summed E-state index contributed by atoms with van der Waals surface area (Å²) in [6, 6.07) is 0.524. The Labute approximate surface area is 82.1 Å². The van der Waals surface area contributed by atoms with Gasteiger partial charge in [0.1, 0.15) is 0 Å². The minimum Gasteiger partial charge on any atom is -0.395 e. The Morgan fingerprint density at radius 3 is 2.38 bits per heavy atom. The van der Waals surface area contributed by atoms with E-state index in [1.54, 1.807) is 0 Å². The van der Waals surface area contributed by atoms with Crippen LogP contribution in [0.2, 0.25) is 0 Å². The van der Waals surface area contributed by atoms with Gasteiger partial charge in [-0.2, -0.15) is 0 Å². The lowest BCUT2D eigenvalue weighted by atomic mass is 10.3. The third-order valence-corrected chi connectivity index (χ3v) is 2.12. The summed E-state index contributed by atoms with van der Waals surface area (Å²) in [5.41, 5.74) is 0. The number of aliphatic hydroxyl groups excluding tert-OH is 1. The van der Waals surface area contributed by atoms with Crippen LogP contribution in [0.15, 0.2) is 0 Å². The lowest BCUT2D eigenvalue weighted by Crippen LogP contribution is -2.38. The van der Waals surface area contributed by atoms with Crippen LogP contribution >= 0.6 is 0 Å². The van der Waals surface area contributed by atoms with Crippen LogP contribution in [0.4, 0.5) is 0 Å². The Balaban J connectivity index is 3.45. The fraction of sp³-hybridized carbons (Fsp3) is 1.00. The molecule has 0 aliphatic carbocycles. The summed E-state index contributed by atoms with van der Waals surface area (Å²) in [6.45, 7) is 10.7. The van der Waals surface area contributed by atoms with Crippen molar-refractivity contribution < 1.29 is 5.11 Å². The van der Waals surface area contributed by atoms with Gasteiger partial charge in [-0.1, -0.05) is 6.92 Å². The van der Waals surface area contributed by atoms with Crippen LogP contribution in [0.25, 0.3) is 0 Å². The number of hydrogen-bond acceptors (Lipinski definition) is 3. The van der Waals surface area contributed by atoms with E-state index >= 15 is 0 Å². The summed E-state index contributed by atoms with van der Waals surface area (Å²) in [5.74, 6) is 0. The van der Waals surface area contributed by atoms with Gasteiger partial charge in [-0.15, -0.1) is 0 Å². The van der Waals surface area contributed by atoms with Crippen molar-refractivity contribution >= 4 is 0 Å². The van der Waals surface area contributed by atoms with Gasteiger partial charge < -0.3 is 10.4 Å². The fourth-order valence-corrected chi connectivity index (χ4v) is 1.28. The Bertz CT molecular complexity index is 107. The standard InChI is InChI=1S/C10H24N2O/c1-4-5-11-6-7-12(8-9-13)10(2)3/h10-11,13H,4-9H2,1-3H3. The number of aliphatic hydroxyl groups is 1. The molecule has 0 amide bonds. The molecule has 0 aliphatic rings. The van der Waals surface area contributed by atoms with Gasteiger partial charge in [-0.3, -0.25) is 4.90 Å². The Morgan fingerprint density at radius 2 is 1.92 bits per heavy atom. The molecule has 0 radical (unpaired) electrons. The molecule has 0 heterocycles. The number of nitrogens with zero attached hydrogens (tertiary/aromatic N) is 1. The summed E-state index contributed by atoms with van der Waals surface area (Å²) >= 11 is 0. The Morgan fingerprint density at radius 1 is 1.23 bits per heavy atom. The van der Waals surface area contributed by atoms with Gasteiger partial charge in [0.25, 0.3) is 0 Å². The van der Waals surface area contributed by atoms with E-state index in [-0.39, 0.29) is 6.61 Å². The normalized spacial score (nSPS) is 11.5. The highest BCUT2D eigenvalue weighted by Gasteiger charge is 2.06. The molecule has 0 aromatic carbocycles. The second-order valence-electron chi connectivity index (χ2n) is 3.60. The van der Waals surface area contributed by atoms with Crippen molar-refractivity contribution in [2.45, 2.75) is 33.2 Å². The van der Waals surface area contributed by atoms with Crippen LogP contribution in [0.1, 0.15) is 27.2 Å². The van der Waals surface area contributed by atoms with Crippen LogP contribution in [0.3, 0.4) is 0 Å². The average molecular weight is 188 g/mol. The molecule has 0 atom stereocenters. The van der Waals surface area contributed by atoms with E-state index < -0.39 is 0 Å². The lowest BCUT2D eigenvalue weighted by molar-refractivity contribution is 0.166. The second kappa shape index (κ2) is 8.48. The Kier molecular flexibility index (Phi) is 8.40. The highest BCUT2D eigenvalue weighted by atomic mass is 16.3. The van der Waals surface area contributed by atoms with Gasteiger partial charge in [0.15, 0.2) is 0 Å². The maximum absolute atomic E-state index is 8.83. The molecule has 13 heavy (non-hydrogen) atoms. The van der Waals surface area contributed by atoms with Crippen LogP contribution < -0.4 is 5.32 Å². The first-order valence-corrected chi connectivity index (χ1v) is 5.28. The predicted molar refractivity (Wildman–Crippen MR) is 57.0 cm³/mol. The molecular weight excluding hydrogens is 164 g/mol. The molecule has 0 bridgehead atoms. The lowest BCUT2D eigenvalue weighted by Gasteiger charge is -2.25. The van der Waals surface area contributed by atoms with E-state index in [1.807, 2.05) is 0 Å². The van der Waals surface area contributed by atoms with E-state index in [0.717, 1.165) is 26.2 Å². The van der Waals surface area contributed by atoms with Crippen molar-refractivity contribution in [3.63, 3.8) is 0 Å². The third kappa shape index (κ3) is 6.99. The van der Waals surface area contributed by atoms with Gasteiger partial charge in [-0.25, -0.2) is 0 Å². The third-order valence-electron chi connectivity index (χ3n) is 2.12. The minimum atomic E-state index is 0.256. The molecule has 3 heteroatoms. The minimum absolute atomic E-state index is 0.256. The zero-order chi connectivity index (χ0) is 10.1. The van der Waals surface area contributed by atoms with Crippen molar-refractivity contribution in [1.29, 1.82) is 0 Å². The molecule has 0 saturated heterocycles. The number of hydrogen-bond donors (Lipinski definition) is 2. The first kappa shape index (κ1) is 12.9. The van der Waals surface area contributed by atoms with E-state index in [9.17, 15) is 0 Å². The van der Waals surface area contributed by atoms with Crippen LogP contribution in [-0.2, 0) is 0 Å². The SMILES string of the molecule is CCCNCCN(CCO)C(C)C.